The van der Waals surface area contributed by atoms with Crippen LogP contribution >= 0.6 is 23.2 Å². The number of aromatic hydroxyl groups is 1. The van der Waals surface area contributed by atoms with E-state index in [1.165, 1.54) is 30.3 Å². The second-order valence-electron chi connectivity index (χ2n) is 6.65. The Hall–Kier alpha value is -3.62. The van der Waals surface area contributed by atoms with Crippen molar-refractivity contribution in [1.82, 2.24) is 9.55 Å². The van der Waals surface area contributed by atoms with E-state index in [1.807, 2.05) is 0 Å². The minimum Gasteiger partial charge on any atom is -0.494 e. The SMILES string of the molecule is CC1=NN(c2cccc(Cl)c2)C(=O)C1=Cc1c(O)n(-c2ccc(Cl)cc2)c(=O)[nH]c1=O. The molecule has 2 N–H and O–H groups in total. The lowest BCUT2D eigenvalue weighted by Gasteiger charge is -2.12. The summed E-state index contributed by atoms with van der Waals surface area (Å²) in [6.45, 7) is 1.59. The summed E-state index contributed by atoms with van der Waals surface area (Å²) in [5.74, 6) is -1.13. The first-order chi connectivity index (χ1) is 14.8. The normalized spacial score (nSPS) is 14.9. The molecule has 0 aliphatic carbocycles. The van der Waals surface area contributed by atoms with Gasteiger partial charge in [0.1, 0.15) is 5.56 Å². The number of rotatable bonds is 3. The number of nitrogens with one attached hydrogen (secondary N) is 1. The molecule has 0 unspecified atom stereocenters. The summed E-state index contributed by atoms with van der Waals surface area (Å²) in [5, 5.41) is 16.9. The van der Waals surface area contributed by atoms with Gasteiger partial charge in [-0.05, 0) is 55.5 Å². The molecule has 2 aromatic carbocycles. The summed E-state index contributed by atoms with van der Waals surface area (Å²) in [6.07, 6.45) is 1.20. The quantitative estimate of drug-likeness (QED) is 0.589. The van der Waals surface area contributed by atoms with Gasteiger partial charge in [0.25, 0.3) is 11.5 Å². The zero-order valence-electron chi connectivity index (χ0n) is 16.0. The largest absolute Gasteiger partial charge is 0.494 e. The lowest BCUT2D eigenvalue weighted by Crippen LogP contribution is -2.30. The van der Waals surface area contributed by atoms with E-state index in [2.05, 4.69) is 10.1 Å². The highest BCUT2D eigenvalue weighted by molar-refractivity contribution is 6.33. The zero-order valence-corrected chi connectivity index (χ0v) is 17.5. The van der Waals surface area contributed by atoms with Gasteiger partial charge < -0.3 is 5.11 Å². The molecule has 0 saturated carbocycles. The van der Waals surface area contributed by atoms with Crippen LogP contribution in [0.1, 0.15) is 12.5 Å². The van der Waals surface area contributed by atoms with E-state index in [4.69, 9.17) is 23.2 Å². The third-order valence-electron chi connectivity index (χ3n) is 4.61. The molecule has 2 heterocycles. The molecule has 156 valence electrons. The highest BCUT2D eigenvalue weighted by Gasteiger charge is 2.30. The Labute approximate surface area is 185 Å². The standard InChI is InChI=1S/C21H14Cl2N4O4/c1-11-16(20(30)27(25-11)15-4-2-3-13(23)9-15)10-17-18(28)24-21(31)26(19(17)29)14-7-5-12(22)6-8-14/h2-10,29H,1H3,(H,24,28,31). The Balaban J connectivity index is 1.82. The van der Waals surface area contributed by atoms with Gasteiger partial charge in [0, 0.05) is 10.0 Å². The highest BCUT2D eigenvalue weighted by atomic mass is 35.5. The maximum Gasteiger partial charge on any atom is 0.335 e. The second kappa shape index (κ2) is 7.90. The Morgan fingerprint density at radius 1 is 1.00 bits per heavy atom. The van der Waals surface area contributed by atoms with Crippen LogP contribution in [0.25, 0.3) is 11.8 Å². The van der Waals surface area contributed by atoms with Crippen LogP contribution in [0.3, 0.4) is 0 Å². The number of anilines is 1. The third-order valence-corrected chi connectivity index (χ3v) is 5.10. The molecular weight excluding hydrogens is 443 g/mol. The molecule has 1 aliphatic heterocycles. The highest BCUT2D eigenvalue weighted by Crippen LogP contribution is 2.28. The number of nitrogens with zero attached hydrogens (tertiary/aromatic N) is 3. The van der Waals surface area contributed by atoms with Crippen molar-refractivity contribution >= 4 is 46.6 Å². The summed E-state index contributed by atoms with van der Waals surface area (Å²) in [4.78, 5) is 39.8. The minimum absolute atomic E-state index is 0.0853. The monoisotopic (exact) mass is 456 g/mol. The van der Waals surface area contributed by atoms with E-state index in [0.29, 0.717) is 21.4 Å². The van der Waals surface area contributed by atoms with Gasteiger partial charge in [0.2, 0.25) is 5.88 Å². The maximum absolute atomic E-state index is 12.9. The summed E-state index contributed by atoms with van der Waals surface area (Å²) in [6, 6.07) is 12.7. The number of aromatic nitrogens is 2. The van der Waals surface area contributed by atoms with Crippen molar-refractivity contribution in [3.63, 3.8) is 0 Å². The van der Waals surface area contributed by atoms with Crippen LogP contribution in [0, 0.1) is 0 Å². The first-order valence-electron chi connectivity index (χ1n) is 8.98. The fourth-order valence-electron chi connectivity index (χ4n) is 3.11. The third kappa shape index (κ3) is 3.78. The second-order valence-corrected chi connectivity index (χ2v) is 7.52. The van der Waals surface area contributed by atoms with Crippen LogP contribution in [0.2, 0.25) is 10.0 Å². The van der Waals surface area contributed by atoms with Crippen LogP contribution in [0.4, 0.5) is 5.69 Å². The van der Waals surface area contributed by atoms with E-state index in [1.54, 1.807) is 31.2 Å². The molecule has 1 amide bonds. The van der Waals surface area contributed by atoms with Gasteiger partial charge in [-0.3, -0.25) is 14.6 Å². The lowest BCUT2D eigenvalue weighted by atomic mass is 10.1. The van der Waals surface area contributed by atoms with Gasteiger partial charge >= 0.3 is 5.69 Å². The van der Waals surface area contributed by atoms with E-state index in [0.717, 1.165) is 9.58 Å². The minimum atomic E-state index is -0.845. The fraction of sp³-hybridized carbons (Fsp3) is 0.0476. The molecule has 0 saturated heterocycles. The molecule has 8 nitrogen and oxygen atoms in total. The average Bonchev–Trinajstić information content (AvgIpc) is 3.00. The maximum atomic E-state index is 12.9. The predicted octanol–water partition coefficient (Wildman–Crippen LogP) is 3.34. The number of benzene rings is 2. The smallest absolute Gasteiger partial charge is 0.335 e. The number of carbonyl (C=O) groups is 1. The van der Waals surface area contributed by atoms with Crippen LogP contribution < -0.4 is 16.3 Å². The van der Waals surface area contributed by atoms with E-state index in [-0.39, 0.29) is 16.8 Å². The number of H-pyrrole nitrogens is 1. The number of hydrazone groups is 1. The van der Waals surface area contributed by atoms with Crippen LogP contribution in [0.15, 0.2) is 68.8 Å². The molecule has 4 rings (SSSR count). The fourth-order valence-corrected chi connectivity index (χ4v) is 3.42. The Morgan fingerprint density at radius 2 is 1.71 bits per heavy atom. The predicted molar refractivity (Wildman–Crippen MR) is 119 cm³/mol. The van der Waals surface area contributed by atoms with Crippen LogP contribution in [0.5, 0.6) is 5.88 Å². The van der Waals surface area contributed by atoms with Crippen LogP contribution in [-0.4, -0.2) is 26.3 Å². The average molecular weight is 457 g/mol. The Morgan fingerprint density at radius 3 is 2.39 bits per heavy atom. The molecule has 10 heteroatoms. The first-order valence-corrected chi connectivity index (χ1v) is 9.73. The van der Waals surface area contributed by atoms with E-state index < -0.39 is 23.0 Å². The van der Waals surface area contributed by atoms with Gasteiger partial charge in [-0.25, -0.2) is 9.36 Å². The Bertz CT molecular complexity index is 1390. The molecule has 0 bridgehead atoms. The van der Waals surface area contributed by atoms with Gasteiger partial charge in [0.05, 0.1) is 22.7 Å². The molecule has 0 fully saturated rings. The molecule has 0 spiro atoms. The molecule has 1 aromatic heterocycles. The summed E-state index contributed by atoms with van der Waals surface area (Å²) in [7, 11) is 0. The van der Waals surface area contributed by atoms with E-state index in [9.17, 15) is 19.5 Å². The van der Waals surface area contributed by atoms with Crippen molar-refractivity contribution in [1.29, 1.82) is 0 Å². The van der Waals surface area contributed by atoms with Crippen molar-refractivity contribution in [2.45, 2.75) is 6.92 Å². The van der Waals surface area contributed by atoms with Crippen molar-refractivity contribution < 1.29 is 9.90 Å². The summed E-state index contributed by atoms with van der Waals surface area (Å²) >= 11 is 11.9. The lowest BCUT2D eigenvalue weighted by molar-refractivity contribution is -0.114. The van der Waals surface area contributed by atoms with Crippen molar-refractivity contribution in [3.05, 3.63) is 90.6 Å². The van der Waals surface area contributed by atoms with Crippen molar-refractivity contribution in [2.75, 3.05) is 5.01 Å². The van der Waals surface area contributed by atoms with Gasteiger partial charge in [-0.15, -0.1) is 0 Å². The topological polar surface area (TPSA) is 108 Å². The van der Waals surface area contributed by atoms with Gasteiger partial charge in [-0.2, -0.15) is 10.1 Å². The van der Waals surface area contributed by atoms with Crippen LogP contribution in [-0.2, 0) is 4.79 Å². The van der Waals surface area contributed by atoms with Gasteiger partial charge in [-0.1, -0.05) is 29.3 Å². The number of aromatic amines is 1. The number of hydrogen-bond acceptors (Lipinski definition) is 5. The van der Waals surface area contributed by atoms with Crippen molar-refractivity contribution in [3.8, 4) is 11.6 Å². The Kier molecular flexibility index (Phi) is 5.26. The number of hydrogen-bond donors (Lipinski definition) is 2. The summed E-state index contributed by atoms with van der Waals surface area (Å²) in [5.41, 5.74) is -0.802. The molecule has 3 aromatic rings. The molecule has 0 atom stereocenters. The number of amides is 1. The first kappa shape index (κ1) is 20.6. The van der Waals surface area contributed by atoms with Gasteiger partial charge in [0.15, 0.2) is 0 Å². The molecule has 1 aliphatic rings. The molecule has 31 heavy (non-hydrogen) atoms. The van der Waals surface area contributed by atoms with E-state index >= 15 is 0 Å². The zero-order chi connectivity index (χ0) is 22.3. The molecule has 0 radical (unpaired) electrons. The number of halogens is 2. The number of carbonyl (C=O) groups excluding carboxylic acids is 1. The van der Waals surface area contributed by atoms with Crippen molar-refractivity contribution in [2.24, 2.45) is 5.10 Å². The molecular formula is C21H14Cl2N4O4. The summed E-state index contributed by atoms with van der Waals surface area (Å²) < 4.78 is 0.908.